The zero-order valence-corrected chi connectivity index (χ0v) is 2.84. The van der Waals surface area contributed by atoms with Crippen molar-refractivity contribution in [1.29, 1.82) is 5.59 Å². The number of nitrogens with one attached hydrogen (secondary N) is 1. The van der Waals surface area contributed by atoms with Crippen molar-refractivity contribution in [3.63, 3.8) is 0 Å². The van der Waals surface area contributed by atoms with Gasteiger partial charge in [0.25, 0.3) is 0 Å². The molecule has 0 radical (unpaired) electrons. The number of rotatable bonds is 0. The van der Waals surface area contributed by atoms with Crippen LogP contribution in [0.15, 0.2) is 0 Å². The minimum absolute atomic E-state index is 1.33. The second-order valence-corrected chi connectivity index (χ2v) is 0.338. The Morgan fingerprint density at radius 3 is 1.67 bits per heavy atom. The SMILES string of the molecule is N=O.NC(=O)O. The molecule has 6 heavy (non-hydrogen) atoms. The zero-order chi connectivity index (χ0) is 5.58. The molecule has 0 rings (SSSR count). The Kier molecular flexibility index (Phi) is 13.5. The number of hydrogen-bond acceptors (Lipinski definition) is 3. The second-order valence-electron chi connectivity index (χ2n) is 0.338. The van der Waals surface area contributed by atoms with Gasteiger partial charge in [0.1, 0.15) is 0 Å². The van der Waals surface area contributed by atoms with E-state index in [4.69, 9.17) is 14.8 Å². The van der Waals surface area contributed by atoms with E-state index in [1.807, 2.05) is 0 Å². The summed E-state index contributed by atoms with van der Waals surface area (Å²) in [5.74, 6) is 0. The maximum Gasteiger partial charge on any atom is 0.402 e. The third-order valence-electron chi connectivity index (χ3n) is 0. The summed E-state index contributed by atoms with van der Waals surface area (Å²) in [6.45, 7) is 0. The standard InChI is InChI=1S/CH3NO2.HNO/c2-1(3)4;1-2/h2H2,(H,3,4);1H. The lowest BCUT2D eigenvalue weighted by molar-refractivity contribution is 0.205. The van der Waals surface area contributed by atoms with Crippen molar-refractivity contribution < 1.29 is 9.90 Å². The van der Waals surface area contributed by atoms with E-state index in [0.717, 1.165) is 0 Å². The summed E-state index contributed by atoms with van der Waals surface area (Å²) in [7, 11) is 0. The molecule has 1 amide bonds. The lowest BCUT2D eigenvalue weighted by Gasteiger charge is -1.61. The number of nitrogens with two attached hydrogens (primary N) is 1. The van der Waals surface area contributed by atoms with E-state index in [0.29, 0.717) is 0 Å². The molecule has 5 heteroatoms. The molecule has 0 aromatic carbocycles. The molecule has 36 valence electrons. The third-order valence-corrected chi connectivity index (χ3v) is 0. The predicted octanol–water partition coefficient (Wildman–Crippen LogP) is -0.0453. The lowest BCUT2D eigenvalue weighted by Crippen LogP contribution is -2.03. The van der Waals surface area contributed by atoms with E-state index in [9.17, 15) is 0 Å². The van der Waals surface area contributed by atoms with Crippen molar-refractivity contribution >= 4 is 6.09 Å². The van der Waals surface area contributed by atoms with Crippen molar-refractivity contribution in [3.8, 4) is 0 Å². The Hall–Kier alpha value is -1.13. The van der Waals surface area contributed by atoms with Crippen LogP contribution in [0.4, 0.5) is 4.79 Å². The van der Waals surface area contributed by atoms with Gasteiger partial charge < -0.3 is 10.8 Å². The fraction of sp³-hybridized carbons (Fsp3) is 0. The molecule has 0 unspecified atom stereocenters. The number of amides is 1. The quantitative estimate of drug-likeness (QED) is 0.365. The van der Waals surface area contributed by atoms with Crippen molar-refractivity contribution in [2.24, 2.45) is 5.73 Å². The Balaban J connectivity index is 0. The minimum atomic E-state index is -1.33. The zero-order valence-electron chi connectivity index (χ0n) is 2.84. The molecular weight excluding hydrogens is 88.0 g/mol. The molecule has 0 saturated carbocycles. The van der Waals surface area contributed by atoms with Gasteiger partial charge in [0, 0.05) is 0 Å². The molecule has 0 aliphatic rings. The number of carboxylic acid groups (broad SMARTS) is 1. The molecule has 0 aromatic heterocycles. The summed E-state index contributed by atoms with van der Waals surface area (Å²) >= 11 is 0. The third kappa shape index (κ3) is 7.86. The van der Waals surface area contributed by atoms with Gasteiger partial charge in [-0.3, -0.25) is 0 Å². The molecule has 0 aliphatic heterocycles. The monoisotopic (exact) mass is 92.0 g/mol. The predicted molar refractivity (Wildman–Crippen MR) is 18.3 cm³/mol. The summed E-state index contributed by atoms with van der Waals surface area (Å²) in [4.78, 5) is 16.3. The molecule has 0 saturated heterocycles. The Morgan fingerprint density at radius 2 is 1.67 bits per heavy atom. The minimum Gasteiger partial charge on any atom is -0.465 e. The van der Waals surface area contributed by atoms with Crippen molar-refractivity contribution in [3.05, 3.63) is 4.91 Å². The number of carbonyl (C=O) groups is 1. The Labute approximate surface area is 33.5 Å². The summed E-state index contributed by atoms with van der Waals surface area (Å²) in [5, 5.41) is 7.19. The van der Waals surface area contributed by atoms with Gasteiger partial charge in [0.2, 0.25) is 0 Å². The molecule has 0 aliphatic carbocycles. The molecular formula is CH4N2O3. The van der Waals surface area contributed by atoms with E-state index in [2.05, 4.69) is 11.3 Å². The Morgan fingerprint density at radius 1 is 1.67 bits per heavy atom. The largest absolute Gasteiger partial charge is 0.465 e. The van der Waals surface area contributed by atoms with Crippen LogP contribution in [0.3, 0.4) is 0 Å². The number of primary amides is 1. The molecule has 0 atom stereocenters. The summed E-state index contributed by atoms with van der Waals surface area (Å²) in [6, 6.07) is 0. The van der Waals surface area contributed by atoms with E-state index >= 15 is 0 Å². The van der Waals surface area contributed by atoms with Crippen LogP contribution in [0.25, 0.3) is 0 Å². The lowest BCUT2D eigenvalue weighted by atomic mass is 11.3. The molecule has 0 bridgehead atoms. The topological polar surface area (TPSA) is 104 Å². The van der Waals surface area contributed by atoms with Crippen LogP contribution in [0, 0.1) is 10.5 Å². The number of hydrogen-bond donors (Lipinski definition) is 3. The maximum absolute atomic E-state index is 8.78. The highest BCUT2D eigenvalue weighted by Crippen LogP contribution is 1.34. The van der Waals surface area contributed by atoms with E-state index in [1.54, 1.807) is 0 Å². The van der Waals surface area contributed by atoms with Crippen LogP contribution in [0.2, 0.25) is 0 Å². The summed E-state index contributed by atoms with van der Waals surface area (Å²) in [5.41, 5.74) is 8.53. The first-order valence-corrected chi connectivity index (χ1v) is 0.921. The fourth-order valence-electron chi connectivity index (χ4n) is 0. The normalized spacial score (nSPS) is 4.67. The fourth-order valence-corrected chi connectivity index (χ4v) is 0. The average molecular weight is 92.1 g/mol. The van der Waals surface area contributed by atoms with Gasteiger partial charge in [-0.25, -0.2) is 4.79 Å². The summed E-state index contributed by atoms with van der Waals surface area (Å²) < 4.78 is 0. The van der Waals surface area contributed by atoms with Gasteiger partial charge in [0.15, 0.2) is 0 Å². The van der Waals surface area contributed by atoms with E-state index in [-0.39, 0.29) is 0 Å². The van der Waals surface area contributed by atoms with E-state index in [1.165, 1.54) is 0 Å². The van der Waals surface area contributed by atoms with Crippen LogP contribution in [0.1, 0.15) is 0 Å². The van der Waals surface area contributed by atoms with Gasteiger partial charge in [-0.15, -0.1) is 0 Å². The van der Waals surface area contributed by atoms with Crippen molar-refractivity contribution in [2.45, 2.75) is 0 Å². The molecule has 0 aromatic rings. The highest BCUT2D eigenvalue weighted by molar-refractivity contribution is 5.61. The highest BCUT2D eigenvalue weighted by Gasteiger charge is 1.65. The molecule has 4 N–H and O–H groups in total. The molecule has 0 spiro atoms. The van der Waals surface area contributed by atoms with Crippen LogP contribution in [-0.4, -0.2) is 11.2 Å². The Bertz CT molecular complexity index is 40.1. The van der Waals surface area contributed by atoms with Gasteiger partial charge in [-0.1, -0.05) is 5.59 Å². The van der Waals surface area contributed by atoms with Crippen molar-refractivity contribution in [2.75, 3.05) is 0 Å². The summed E-state index contributed by atoms with van der Waals surface area (Å²) in [6.07, 6.45) is -1.33. The van der Waals surface area contributed by atoms with Crippen LogP contribution < -0.4 is 5.73 Å². The van der Waals surface area contributed by atoms with Crippen LogP contribution in [0.5, 0.6) is 0 Å². The first-order chi connectivity index (χ1) is 2.73. The van der Waals surface area contributed by atoms with Gasteiger partial charge in [0.05, 0.1) is 0 Å². The number of nitroso groups, excluding NO2 is 1. The smallest absolute Gasteiger partial charge is 0.402 e. The van der Waals surface area contributed by atoms with Gasteiger partial charge in [-0.2, -0.15) is 4.91 Å². The van der Waals surface area contributed by atoms with Gasteiger partial charge in [-0.05, 0) is 0 Å². The maximum atomic E-state index is 8.78. The van der Waals surface area contributed by atoms with Crippen LogP contribution in [-0.2, 0) is 0 Å². The van der Waals surface area contributed by atoms with Crippen LogP contribution >= 0.6 is 0 Å². The average Bonchev–Trinajstić information content (AvgIpc) is 1.41. The molecule has 5 nitrogen and oxygen atoms in total. The molecule has 0 heterocycles. The first-order valence-electron chi connectivity index (χ1n) is 0.921. The van der Waals surface area contributed by atoms with E-state index < -0.39 is 6.09 Å². The highest BCUT2D eigenvalue weighted by atomic mass is 16.4. The second kappa shape index (κ2) is 9.12. The van der Waals surface area contributed by atoms with Crippen molar-refractivity contribution in [1.82, 2.24) is 0 Å². The first kappa shape index (κ1) is 8.85. The van der Waals surface area contributed by atoms with Gasteiger partial charge >= 0.3 is 6.09 Å². The molecule has 0 fully saturated rings.